The van der Waals surface area contributed by atoms with Gasteiger partial charge in [-0.2, -0.15) is 0 Å². The molecule has 2 aromatic rings. The minimum absolute atomic E-state index is 0.170. The Bertz CT molecular complexity index is 638. The second-order valence-electron chi connectivity index (χ2n) is 6.65. The predicted octanol–water partition coefficient (Wildman–Crippen LogP) is 5.44. The van der Waals surface area contributed by atoms with Gasteiger partial charge in [-0.15, -0.1) is 0 Å². The van der Waals surface area contributed by atoms with Crippen molar-refractivity contribution >= 4 is 13.6 Å². The SMILES string of the molecule is C[Si](C)(C)C1=C(c2ccccc2)CC(c2ccccc2)O1. The molecule has 0 amide bonds. The molecule has 0 spiro atoms. The third-order valence-corrected chi connectivity index (χ3v) is 5.68. The lowest BCUT2D eigenvalue weighted by atomic mass is 9.99. The third kappa shape index (κ3) is 2.95. The zero-order valence-electron chi connectivity index (χ0n) is 13.0. The molecule has 1 unspecified atom stereocenters. The lowest BCUT2D eigenvalue weighted by Crippen LogP contribution is -2.25. The van der Waals surface area contributed by atoms with Gasteiger partial charge >= 0.3 is 0 Å². The quantitative estimate of drug-likeness (QED) is 0.685. The molecule has 21 heavy (non-hydrogen) atoms. The number of hydrogen-bond donors (Lipinski definition) is 0. The fraction of sp³-hybridized carbons (Fsp3) is 0.263. The van der Waals surface area contributed by atoms with Crippen LogP contribution in [-0.2, 0) is 4.74 Å². The van der Waals surface area contributed by atoms with Crippen LogP contribution in [0.3, 0.4) is 0 Å². The van der Waals surface area contributed by atoms with Crippen molar-refractivity contribution in [1.29, 1.82) is 0 Å². The smallest absolute Gasteiger partial charge is 0.127 e. The molecule has 0 bridgehead atoms. The van der Waals surface area contributed by atoms with E-state index in [2.05, 4.69) is 80.3 Å². The lowest BCUT2D eigenvalue weighted by Gasteiger charge is -2.21. The Morgan fingerprint density at radius 3 is 2.00 bits per heavy atom. The van der Waals surface area contributed by atoms with Gasteiger partial charge in [0.05, 0.1) is 5.38 Å². The summed E-state index contributed by atoms with van der Waals surface area (Å²) < 4.78 is 6.42. The molecule has 108 valence electrons. The minimum atomic E-state index is -1.49. The van der Waals surface area contributed by atoms with E-state index in [1.165, 1.54) is 22.1 Å². The van der Waals surface area contributed by atoms with Gasteiger partial charge in [-0.3, -0.25) is 0 Å². The molecular weight excluding hydrogens is 272 g/mol. The summed E-state index contributed by atoms with van der Waals surface area (Å²) in [5.41, 5.74) is 4.00. The highest BCUT2D eigenvalue weighted by atomic mass is 28.3. The molecule has 0 saturated heterocycles. The van der Waals surface area contributed by atoms with Gasteiger partial charge in [-0.05, 0) is 16.7 Å². The van der Waals surface area contributed by atoms with Crippen LogP contribution >= 0.6 is 0 Å². The maximum atomic E-state index is 6.42. The molecule has 1 atom stereocenters. The molecule has 2 heteroatoms. The first kappa shape index (κ1) is 14.1. The summed E-state index contributed by atoms with van der Waals surface area (Å²) in [6.07, 6.45) is 1.15. The predicted molar refractivity (Wildman–Crippen MR) is 91.6 cm³/mol. The molecule has 1 aliphatic heterocycles. The van der Waals surface area contributed by atoms with Crippen LogP contribution in [0.2, 0.25) is 19.6 Å². The lowest BCUT2D eigenvalue weighted by molar-refractivity contribution is 0.160. The van der Waals surface area contributed by atoms with E-state index in [4.69, 9.17) is 4.74 Å². The fourth-order valence-electron chi connectivity index (χ4n) is 2.90. The normalized spacial score (nSPS) is 18.7. The van der Waals surface area contributed by atoms with Crippen molar-refractivity contribution in [1.82, 2.24) is 0 Å². The summed E-state index contributed by atoms with van der Waals surface area (Å²) in [4.78, 5) is 0. The number of benzene rings is 2. The highest BCUT2D eigenvalue weighted by Crippen LogP contribution is 2.44. The van der Waals surface area contributed by atoms with Gasteiger partial charge in [-0.25, -0.2) is 0 Å². The van der Waals surface area contributed by atoms with Gasteiger partial charge < -0.3 is 4.74 Å². The van der Waals surface area contributed by atoms with Crippen LogP contribution < -0.4 is 0 Å². The van der Waals surface area contributed by atoms with Gasteiger partial charge in [0.15, 0.2) is 0 Å². The largest absolute Gasteiger partial charge is 0.495 e. The molecule has 0 aromatic heterocycles. The second-order valence-corrected chi connectivity index (χ2v) is 11.6. The van der Waals surface area contributed by atoms with Crippen LogP contribution in [0.25, 0.3) is 5.57 Å². The highest BCUT2D eigenvalue weighted by Gasteiger charge is 2.35. The van der Waals surface area contributed by atoms with E-state index in [9.17, 15) is 0 Å². The van der Waals surface area contributed by atoms with E-state index in [1.54, 1.807) is 0 Å². The molecule has 0 N–H and O–H groups in total. The van der Waals surface area contributed by atoms with Crippen LogP contribution in [-0.4, -0.2) is 8.07 Å². The first-order valence-corrected chi connectivity index (χ1v) is 11.1. The summed E-state index contributed by atoms with van der Waals surface area (Å²) in [6.45, 7) is 7.08. The van der Waals surface area contributed by atoms with Crippen LogP contribution in [0.5, 0.6) is 0 Å². The van der Waals surface area contributed by atoms with Crippen molar-refractivity contribution in [3.8, 4) is 0 Å². The molecule has 0 fully saturated rings. The zero-order chi connectivity index (χ0) is 14.9. The first-order valence-electron chi connectivity index (χ1n) is 7.56. The Labute approximate surface area is 128 Å². The van der Waals surface area contributed by atoms with Crippen molar-refractivity contribution < 1.29 is 4.74 Å². The van der Waals surface area contributed by atoms with E-state index in [0.29, 0.717) is 0 Å². The second kappa shape index (κ2) is 5.53. The Balaban J connectivity index is 1.98. The van der Waals surface area contributed by atoms with Gasteiger partial charge in [0.1, 0.15) is 14.2 Å². The average molecular weight is 294 g/mol. The monoisotopic (exact) mass is 294 g/mol. The summed E-state index contributed by atoms with van der Waals surface area (Å²) in [6, 6.07) is 21.3. The summed E-state index contributed by atoms with van der Waals surface area (Å²) in [7, 11) is -1.49. The highest BCUT2D eigenvalue weighted by molar-refractivity contribution is 6.83. The van der Waals surface area contributed by atoms with Crippen molar-refractivity contribution in [2.75, 3.05) is 0 Å². The average Bonchev–Trinajstić information content (AvgIpc) is 2.94. The molecule has 3 rings (SSSR count). The van der Waals surface area contributed by atoms with E-state index in [-0.39, 0.29) is 6.10 Å². The number of hydrogen-bond acceptors (Lipinski definition) is 1. The van der Waals surface area contributed by atoms with E-state index in [0.717, 1.165) is 6.42 Å². The standard InChI is InChI=1S/C19H22OSi/c1-21(2,3)19-17(15-10-6-4-7-11-15)14-18(20-19)16-12-8-5-9-13-16/h4-13,18H,14H2,1-3H3. The fourth-order valence-corrected chi connectivity index (χ4v) is 4.55. The van der Waals surface area contributed by atoms with E-state index >= 15 is 0 Å². The van der Waals surface area contributed by atoms with Crippen LogP contribution in [0.1, 0.15) is 23.7 Å². The van der Waals surface area contributed by atoms with Gasteiger partial charge in [-0.1, -0.05) is 80.3 Å². The maximum absolute atomic E-state index is 6.42. The van der Waals surface area contributed by atoms with E-state index < -0.39 is 8.07 Å². The third-order valence-electron chi connectivity index (χ3n) is 3.90. The van der Waals surface area contributed by atoms with E-state index in [1.807, 2.05) is 0 Å². The summed E-state index contributed by atoms with van der Waals surface area (Å²) in [5.74, 6) is 0. The molecule has 2 aromatic carbocycles. The van der Waals surface area contributed by atoms with Gasteiger partial charge in [0.25, 0.3) is 0 Å². The molecule has 0 saturated carbocycles. The molecule has 1 heterocycles. The Kier molecular flexibility index (Phi) is 3.73. The molecule has 0 radical (unpaired) electrons. The summed E-state index contributed by atoms with van der Waals surface area (Å²) in [5, 5.41) is 1.27. The topological polar surface area (TPSA) is 9.23 Å². The Morgan fingerprint density at radius 2 is 1.43 bits per heavy atom. The van der Waals surface area contributed by atoms with Crippen molar-refractivity contribution in [2.24, 2.45) is 0 Å². The van der Waals surface area contributed by atoms with Crippen molar-refractivity contribution in [3.63, 3.8) is 0 Å². The van der Waals surface area contributed by atoms with Crippen molar-refractivity contribution in [3.05, 3.63) is 77.2 Å². The minimum Gasteiger partial charge on any atom is -0.495 e. The van der Waals surface area contributed by atoms with Gasteiger partial charge in [0, 0.05) is 6.42 Å². The van der Waals surface area contributed by atoms with Crippen LogP contribution in [0.4, 0.5) is 0 Å². The number of rotatable bonds is 3. The number of ether oxygens (including phenoxy) is 1. The van der Waals surface area contributed by atoms with Crippen molar-refractivity contribution in [2.45, 2.75) is 32.2 Å². The van der Waals surface area contributed by atoms with Crippen LogP contribution in [0.15, 0.2) is 66.0 Å². The maximum Gasteiger partial charge on any atom is 0.127 e. The summed E-state index contributed by atoms with van der Waals surface area (Å²) >= 11 is 0. The molecular formula is C19H22OSi. The van der Waals surface area contributed by atoms with Crippen LogP contribution in [0, 0.1) is 0 Å². The zero-order valence-corrected chi connectivity index (χ0v) is 14.0. The molecule has 0 aliphatic carbocycles. The Hall–Kier alpha value is -1.80. The molecule has 1 aliphatic rings. The Morgan fingerprint density at radius 1 is 0.857 bits per heavy atom. The first-order chi connectivity index (χ1) is 10.1. The van der Waals surface area contributed by atoms with Gasteiger partial charge in [0.2, 0.25) is 0 Å². The molecule has 1 nitrogen and oxygen atoms in total.